The van der Waals surface area contributed by atoms with Gasteiger partial charge in [-0.2, -0.15) is 0 Å². The average molecular weight is 276 g/mol. The second kappa shape index (κ2) is 7.41. The molecular weight excluding hydrogens is 252 g/mol. The fraction of sp³-hybridized carbons (Fsp3) is 0.562. The first-order valence-corrected chi connectivity index (χ1v) is 7.47. The van der Waals surface area contributed by atoms with Crippen LogP contribution in [0.4, 0.5) is 0 Å². The Kier molecular flexibility index (Phi) is 5.56. The van der Waals surface area contributed by atoms with E-state index >= 15 is 0 Å². The summed E-state index contributed by atoms with van der Waals surface area (Å²) in [6.45, 7) is 1.02. The van der Waals surface area contributed by atoms with Crippen LogP contribution in [0.5, 0.6) is 0 Å². The topological polar surface area (TPSA) is 66.6 Å². The molecular formula is C16H24N2O2. The van der Waals surface area contributed by atoms with E-state index in [4.69, 9.17) is 5.73 Å². The maximum absolute atomic E-state index is 12.7. The number of carbonyl (C=O) groups is 1. The zero-order chi connectivity index (χ0) is 14.4. The molecule has 1 saturated carbocycles. The molecule has 0 radical (unpaired) electrons. The molecule has 20 heavy (non-hydrogen) atoms. The Labute approximate surface area is 120 Å². The second-order valence-electron chi connectivity index (χ2n) is 5.40. The van der Waals surface area contributed by atoms with Crippen molar-refractivity contribution in [3.63, 3.8) is 0 Å². The number of benzene rings is 1. The summed E-state index contributed by atoms with van der Waals surface area (Å²) in [5.41, 5.74) is 7.36. The molecule has 1 aliphatic rings. The lowest BCUT2D eigenvalue weighted by molar-refractivity contribution is 0.0638. The van der Waals surface area contributed by atoms with Crippen molar-refractivity contribution >= 4 is 5.91 Å². The van der Waals surface area contributed by atoms with Crippen molar-refractivity contribution in [3.8, 4) is 0 Å². The van der Waals surface area contributed by atoms with Crippen molar-refractivity contribution in [2.75, 3.05) is 19.7 Å². The molecule has 1 amide bonds. The molecule has 0 spiro atoms. The van der Waals surface area contributed by atoms with Crippen molar-refractivity contribution in [1.82, 2.24) is 4.90 Å². The standard InChI is InChI=1S/C16H24N2O2/c17-9-8-13-4-3-5-14(12-13)16(20)18(10-11-19)15-6-1-2-7-15/h3-5,12,15,19H,1-2,6-11,17H2. The minimum Gasteiger partial charge on any atom is -0.395 e. The van der Waals surface area contributed by atoms with Crippen LogP contribution in [0.25, 0.3) is 0 Å². The van der Waals surface area contributed by atoms with Crippen molar-refractivity contribution < 1.29 is 9.90 Å². The van der Waals surface area contributed by atoms with Gasteiger partial charge in [0.1, 0.15) is 0 Å². The Balaban J connectivity index is 2.15. The van der Waals surface area contributed by atoms with Crippen molar-refractivity contribution in [3.05, 3.63) is 35.4 Å². The molecule has 0 heterocycles. The van der Waals surface area contributed by atoms with Crippen LogP contribution in [0.2, 0.25) is 0 Å². The van der Waals surface area contributed by atoms with Gasteiger partial charge in [-0.05, 0) is 43.5 Å². The van der Waals surface area contributed by atoms with Crippen LogP contribution in [-0.4, -0.2) is 41.7 Å². The molecule has 4 nitrogen and oxygen atoms in total. The lowest BCUT2D eigenvalue weighted by Crippen LogP contribution is -2.40. The number of amides is 1. The highest BCUT2D eigenvalue weighted by Gasteiger charge is 2.26. The molecule has 1 fully saturated rings. The van der Waals surface area contributed by atoms with Crippen LogP contribution >= 0.6 is 0 Å². The van der Waals surface area contributed by atoms with Crippen LogP contribution in [0, 0.1) is 0 Å². The number of aliphatic hydroxyl groups is 1. The van der Waals surface area contributed by atoms with Gasteiger partial charge in [0.15, 0.2) is 0 Å². The van der Waals surface area contributed by atoms with Gasteiger partial charge in [0, 0.05) is 18.2 Å². The fourth-order valence-electron chi connectivity index (χ4n) is 2.97. The van der Waals surface area contributed by atoms with Gasteiger partial charge in [0.25, 0.3) is 5.91 Å². The summed E-state index contributed by atoms with van der Waals surface area (Å²) in [6, 6.07) is 7.96. The largest absolute Gasteiger partial charge is 0.395 e. The van der Waals surface area contributed by atoms with E-state index in [2.05, 4.69) is 0 Å². The smallest absolute Gasteiger partial charge is 0.254 e. The highest BCUT2D eigenvalue weighted by molar-refractivity contribution is 5.94. The van der Waals surface area contributed by atoms with Crippen molar-refractivity contribution in [2.45, 2.75) is 38.1 Å². The maximum Gasteiger partial charge on any atom is 0.254 e. The highest BCUT2D eigenvalue weighted by atomic mass is 16.3. The summed E-state index contributed by atoms with van der Waals surface area (Å²) in [6.07, 6.45) is 5.23. The molecule has 2 rings (SSSR count). The van der Waals surface area contributed by atoms with E-state index in [1.54, 1.807) is 0 Å². The number of hydrogen-bond donors (Lipinski definition) is 2. The third kappa shape index (κ3) is 3.58. The molecule has 0 aromatic heterocycles. The molecule has 1 aromatic carbocycles. The Bertz CT molecular complexity index is 442. The van der Waals surface area contributed by atoms with E-state index in [0.29, 0.717) is 18.7 Å². The van der Waals surface area contributed by atoms with Crippen LogP contribution in [0.15, 0.2) is 24.3 Å². The average Bonchev–Trinajstić information content (AvgIpc) is 2.98. The van der Waals surface area contributed by atoms with Crippen LogP contribution in [0.1, 0.15) is 41.6 Å². The number of aliphatic hydroxyl groups excluding tert-OH is 1. The molecule has 0 atom stereocenters. The van der Waals surface area contributed by atoms with Gasteiger partial charge in [-0.25, -0.2) is 0 Å². The van der Waals surface area contributed by atoms with Crippen molar-refractivity contribution in [1.29, 1.82) is 0 Å². The van der Waals surface area contributed by atoms with Crippen LogP contribution < -0.4 is 5.73 Å². The predicted octanol–water partition coefficient (Wildman–Crippen LogP) is 1.56. The number of hydrogen-bond acceptors (Lipinski definition) is 3. The molecule has 3 N–H and O–H groups in total. The summed E-state index contributed by atoms with van der Waals surface area (Å²) in [5.74, 6) is 0.0322. The van der Waals surface area contributed by atoms with Gasteiger partial charge < -0.3 is 15.7 Å². The maximum atomic E-state index is 12.7. The number of nitrogens with two attached hydrogens (primary N) is 1. The Morgan fingerprint density at radius 1 is 1.35 bits per heavy atom. The van der Waals surface area contributed by atoms with Gasteiger partial charge in [-0.1, -0.05) is 25.0 Å². The zero-order valence-corrected chi connectivity index (χ0v) is 11.9. The minimum atomic E-state index is 0.0186. The molecule has 0 bridgehead atoms. The van der Waals surface area contributed by atoms with Gasteiger partial charge in [0.05, 0.1) is 6.61 Å². The third-order valence-electron chi connectivity index (χ3n) is 3.97. The molecule has 1 aromatic rings. The van der Waals surface area contributed by atoms with Gasteiger partial charge in [-0.15, -0.1) is 0 Å². The van der Waals surface area contributed by atoms with E-state index in [-0.39, 0.29) is 18.6 Å². The molecule has 0 saturated heterocycles. The van der Waals surface area contributed by atoms with E-state index < -0.39 is 0 Å². The second-order valence-corrected chi connectivity index (χ2v) is 5.40. The van der Waals surface area contributed by atoms with Gasteiger partial charge in [-0.3, -0.25) is 4.79 Å². The van der Waals surface area contributed by atoms with Crippen LogP contribution in [0.3, 0.4) is 0 Å². The Morgan fingerprint density at radius 2 is 2.10 bits per heavy atom. The van der Waals surface area contributed by atoms with E-state index in [0.717, 1.165) is 24.8 Å². The van der Waals surface area contributed by atoms with Gasteiger partial charge in [0.2, 0.25) is 0 Å². The first-order valence-electron chi connectivity index (χ1n) is 7.47. The SMILES string of the molecule is NCCc1cccc(C(=O)N(CCO)C2CCCC2)c1. The summed E-state index contributed by atoms with van der Waals surface area (Å²) >= 11 is 0. The fourth-order valence-corrected chi connectivity index (χ4v) is 2.97. The monoisotopic (exact) mass is 276 g/mol. The molecule has 0 unspecified atom stereocenters. The molecule has 110 valence electrons. The quantitative estimate of drug-likeness (QED) is 0.828. The number of nitrogens with zero attached hydrogens (tertiary/aromatic N) is 1. The summed E-state index contributed by atoms with van der Waals surface area (Å²) < 4.78 is 0. The lowest BCUT2D eigenvalue weighted by Gasteiger charge is -2.28. The lowest BCUT2D eigenvalue weighted by atomic mass is 10.1. The predicted molar refractivity (Wildman–Crippen MR) is 79.6 cm³/mol. The molecule has 0 aliphatic heterocycles. The van der Waals surface area contributed by atoms with E-state index in [9.17, 15) is 9.90 Å². The van der Waals surface area contributed by atoms with E-state index in [1.807, 2.05) is 29.2 Å². The summed E-state index contributed by atoms with van der Waals surface area (Å²) in [4.78, 5) is 14.5. The third-order valence-corrected chi connectivity index (χ3v) is 3.97. The Hall–Kier alpha value is -1.39. The minimum absolute atomic E-state index is 0.0186. The van der Waals surface area contributed by atoms with E-state index in [1.165, 1.54) is 12.8 Å². The Morgan fingerprint density at radius 3 is 2.75 bits per heavy atom. The number of carbonyl (C=O) groups excluding carboxylic acids is 1. The molecule has 1 aliphatic carbocycles. The number of rotatable bonds is 6. The normalized spacial score (nSPS) is 15.5. The van der Waals surface area contributed by atoms with Crippen LogP contribution in [-0.2, 0) is 6.42 Å². The first-order chi connectivity index (χ1) is 9.76. The zero-order valence-electron chi connectivity index (χ0n) is 11.9. The molecule has 4 heteroatoms. The summed E-state index contributed by atoms with van der Waals surface area (Å²) in [5, 5.41) is 9.22. The van der Waals surface area contributed by atoms with Crippen molar-refractivity contribution in [2.24, 2.45) is 5.73 Å². The first kappa shape index (κ1) is 15.0. The summed E-state index contributed by atoms with van der Waals surface area (Å²) in [7, 11) is 0. The highest BCUT2D eigenvalue weighted by Crippen LogP contribution is 2.25. The van der Waals surface area contributed by atoms with Gasteiger partial charge >= 0.3 is 0 Å².